The standard InChI is InChI=1S/C29H36ClN5O3/c1-27(2,3)21-13-22(18-7-9-20(30)10-8-18)32-35-16-23(31-24(21)35)26(37)34-12-11-33(17-28(34,4)5)25(36)19-14-29(6,38)15-19/h7-10,13,16,19,38H,11-12,14-15,17H2,1-6H3/t19-,29+. The third-order valence-electron chi connectivity index (χ3n) is 7.77. The molecule has 2 amide bonds. The van der Waals surface area contributed by atoms with Crippen molar-refractivity contribution >= 4 is 29.1 Å². The van der Waals surface area contributed by atoms with E-state index in [9.17, 15) is 14.7 Å². The van der Waals surface area contributed by atoms with Crippen molar-refractivity contribution in [3.8, 4) is 11.3 Å². The number of hydrogen-bond donors (Lipinski definition) is 1. The van der Waals surface area contributed by atoms with Gasteiger partial charge in [-0.1, -0.05) is 44.5 Å². The summed E-state index contributed by atoms with van der Waals surface area (Å²) in [6.45, 7) is 13.4. The molecular weight excluding hydrogens is 502 g/mol. The predicted molar refractivity (Wildman–Crippen MR) is 147 cm³/mol. The molecule has 1 saturated heterocycles. The lowest BCUT2D eigenvalue weighted by Crippen LogP contribution is -2.63. The molecule has 0 unspecified atom stereocenters. The van der Waals surface area contributed by atoms with Crippen molar-refractivity contribution in [2.24, 2.45) is 5.92 Å². The second kappa shape index (κ2) is 9.06. The van der Waals surface area contributed by atoms with Crippen molar-refractivity contribution in [1.29, 1.82) is 0 Å². The summed E-state index contributed by atoms with van der Waals surface area (Å²) in [5.74, 6) is -0.247. The van der Waals surface area contributed by atoms with Crippen molar-refractivity contribution in [2.45, 2.75) is 70.9 Å². The second-order valence-corrected chi connectivity index (χ2v) is 13.2. The molecule has 2 fully saturated rings. The fraction of sp³-hybridized carbons (Fsp3) is 0.517. The topological polar surface area (TPSA) is 91.0 Å². The Morgan fingerprint density at radius 3 is 2.32 bits per heavy atom. The van der Waals surface area contributed by atoms with Gasteiger partial charge < -0.3 is 14.9 Å². The van der Waals surface area contributed by atoms with Crippen LogP contribution in [0.15, 0.2) is 36.5 Å². The van der Waals surface area contributed by atoms with Gasteiger partial charge in [-0.15, -0.1) is 0 Å². The summed E-state index contributed by atoms with van der Waals surface area (Å²) >= 11 is 6.09. The van der Waals surface area contributed by atoms with Gasteiger partial charge in [-0.05, 0) is 57.2 Å². The molecule has 9 heteroatoms. The van der Waals surface area contributed by atoms with Crippen molar-refractivity contribution < 1.29 is 14.7 Å². The Hall–Kier alpha value is -2.97. The number of rotatable bonds is 3. The first-order chi connectivity index (χ1) is 17.6. The normalized spacial score (nSPS) is 23.4. The fourth-order valence-electron chi connectivity index (χ4n) is 5.69. The number of amides is 2. The highest BCUT2D eigenvalue weighted by Gasteiger charge is 2.47. The zero-order valence-corrected chi connectivity index (χ0v) is 23.7. The van der Waals surface area contributed by atoms with Crippen LogP contribution in [0.5, 0.6) is 0 Å². The molecule has 3 aromatic rings. The van der Waals surface area contributed by atoms with Crippen molar-refractivity contribution in [3.05, 3.63) is 52.8 Å². The molecule has 2 aromatic heterocycles. The first kappa shape index (κ1) is 26.6. The number of imidazole rings is 1. The average molecular weight is 538 g/mol. The molecule has 0 atom stereocenters. The molecule has 202 valence electrons. The van der Waals surface area contributed by atoms with Crippen molar-refractivity contribution in [2.75, 3.05) is 19.6 Å². The average Bonchev–Trinajstić information content (AvgIpc) is 3.24. The Bertz CT molecular complexity index is 1400. The number of aromatic nitrogens is 3. The summed E-state index contributed by atoms with van der Waals surface area (Å²) in [6.07, 6.45) is 2.69. The van der Waals surface area contributed by atoms with E-state index in [0.29, 0.717) is 48.8 Å². The monoisotopic (exact) mass is 537 g/mol. The van der Waals surface area contributed by atoms with Gasteiger partial charge >= 0.3 is 0 Å². The van der Waals surface area contributed by atoms with E-state index >= 15 is 0 Å². The summed E-state index contributed by atoms with van der Waals surface area (Å²) in [5.41, 5.74) is 2.14. The van der Waals surface area contributed by atoms with Gasteiger partial charge in [-0.2, -0.15) is 5.10 Å². The molecule has 0 spiro atoms. The summed E-state index contributed by atoms with van der Waals surface area (Å²) < 4.78 is 1.70. The summed E-state index contributed by atoms with van der Waals surface area (Å²) in [5, 5.41) is 15.5. The molecule has 1 aliphatic carbocycles. The minimum atomic E-state index is -0.746. The Labute approximate surface area is 228 Å². The molecule has 1 aromatic carbocycles. The van der Waals surface area contributed by atoms with Gasteiger partial charge in [0.25, 0.3) is 5.91 Å². The molecule has 1 N–H and O–H groups in total. The quantitative estimate of drug-likeness (QED) is 0.528. The first-order valence-electron chi connectivity index (χ1n) is 13.1. The molecule has 3 heterocycles. The van der Waals surface area contributed by atoms with Crippen LogP contribution in [0.4, 0.5) is 0 Å². The highest BCUT2D eigenvalue weighted by atomic mass is 35.5. The number of nitrogens with zero attached hydrogens (tertiary/aromatic N) is 5. The second-order valence-electron chi connectivity index (χ2n) is 12.7. The maximum atomic E-state index is 13.8. The number of aliphatic hydroxyl groups is 1. The van der Waals surface area contributed by atoms with Crippen LogP contribution in [0, 0.1) is 5.92 Å². The van der Waals surface area contributed by atoms with E-state index in [1.54, 1.807) is 17.6 Å². The number of carbonyl (C=O) groups excluding carboxylic acids is 2. The van der Waals surface area contributed by atoms with E-state index in [4.69, 9.17) is 21.7 Å². The van der Waals surface area contributed by atoms with E-state index in [-0.39, 0.29) is 23.1 Å². The van der Waals surface area contributed by atoms with Crippen LogP contribution in [-0.2, 0) is 10.2 Å². The number of piperazine rings is 1. The number of fused-ring (bicyclic) bond motifs is 1. The minimum absolute atomic E-state index is 0.0678. The van der Waals surface area contributed by atoms with Crippen LogP contribution in [-0.4, -0.2) is 72.1 Å². The van der Waals surface area contributed by atoms with E-state index in [0.717, 1.165) is 16.8 Å². The van der Waals surface area contributed by atoms with Crippen LogP contribution in [0.1, 0.15) is 70.4 Å². The third kappa shape index (κ3) is 4.92. The summed E-state index contributed by atoms with van der Waals surface area (Å²) in [6, 6.07) is 9.57. The zero-order valence-electron chi connectivity index (χ0n) is 23.0. The lowest BCUT2D eigenvalue weighted by Gasteiger charge is -2.49. The maximum Gasteiger partial charge on any atom is 0.274 e. The molecule has 2 aliphatic rings. The summed E-state index contributed by atoms with van der Waals surface area (Å²) in [7, 11) is 0. The Kier molecular flexibility index (Phi) is 6.35. The SMILES string of the molecule is CC(C)(C)c1cc(-c2ccc(Cl)cc2)nn2cc(C(=O)N3CCN(C(=O)[C@H]4C[C@@](C)(O)C4)CC3(C)C)nc12. The smallest absolute Gasteiger partial charge is 0.274 e. The highest BCUT2D eigenvalue weighted by Crippen LogP contribution is 2.39. The van der Waals surface area contributed by atoms with Crippen molar-refractivity contribution in [3.63, 3.8) is 0 Å². The number of halogens is 1. The number of hydrogen-bond acceptors (Lipinski definition) is 5. The van der Waals surface area contributed by atoms with E-state index in [1.807, 2.05) is 54.0 Å². The largest absolute Gasteiger partial charge is 0.390 e. The minimum Gasteiger partial charge on any atom is -0.390 e. The van der Waals surface area contributed by atoms with Crippen LogP contribution in [0.2, 0.25) is 5.02 Å². The Morgan fingerprint density at radius 2 is 1.74 bits per heavy atom. The molecule has 0 bridgehead atoms. The molecule has 8 nitrogen and oxygen atoms in total. The van der Waals surface area contributed by atoms with Gasteiger partial charge in [0.2, 0.25) is 5.91 Å². The molecule has 38 heavy (non-hydrogen) atoms. The zero-order chi connectivity index (χ0) is 27.6. The van der Waals surface area contributed by atoms with E-state index in [1.165, 1.54) is 0 Å². The van der Waals surface area contributed by atoms with Gasteiger partial charge in [0.1, 0.15) is 5.69 Å². The third-order valence-corrected chi connectivity index (χ3v) is 8.02. The van der Waals surface area contributed by atoms with E-state index in [2.05, 4.69) is 20.8 Å². The molecule has 1 aliphatic heterocycles. The van der Waals surface area contributed by atoms with Gasteiger partial charge in [0.05, 0.1) is 23.0 Å². The summed E-state index contributed by atoms with van der Waals surface area (Å²) in [4.78, 5) is 35.2. The lowest BCUT2D eigenvalue weighted by molar-refractivity contribution is -0.153. The first-order valence-corrected chi connectivity index (χ1v) is 13.5. The Morgan fingerprint density at radius 1 is 1.08 bits per heavy atom. The predicted octanol–water partition coefficient (Wildman–Crippen LogP) is 4.57. The number of carbonyl (C=O) groups is 2. The number of benzene rings is 1. The van der Waals surface area contributed by atoms with Gasteiger partial charge in [-0.25, -0.2) is 9.50 Å². The van der Waals surface area contributed by atoms with Crippen LogP contribution in [0.25, 0.3) is 16.9 Å². The maximum absolute atomic E-state index is 13.8. The lowest BCUT2D eigenvalue weighted by atomic mass is 9.71. The fourth-order valence-corrected chi connectivity index (χ4v) is 5.81. The van der Waals surface area contributed by atoms with Crippen molar-refractivity contribution in [1.82, 2.24) is 24.4 Å². The van der Waals surface area contributed by atoms with Crippen LogP contribution in [0.3, 0.4) is 0 Å². The van der Waals surface area contributed by atoms with Crippen LogP contribution < -0.4 is 0 Å². The molecule has 1 saturated carbocycles. The Balaban J connectivity index is 1.42. The molecular formula is C29H36ClN5O3. The highest BCUT2D eigenvalue weighted by molar-refractivity contribution is 6.30. The molecule has 5 rings (SSSR count). The van der Waals surface area contributed by atoms with Gasteiger partial charge in [0.15, 0.2) is 5.65 Å². The van der Waals surface area contributed by atoms with Crippen LogP contribution >= 0.6 is 11.6 Å². The van der Waals surface area contributed by atoms with E-state index < -0.39 is 11.1 Å². The molecule has 0 radical (unpaired) electrons. The van der Waals surface area contributed by atoms with Gasteiger partial charge in [0, 0.05) is 41.7 Å². The van der Waals surface area contributed by atoms with Gasteiger partial charge in [-0.3, -0.25) is 9.59 Å².